The van der Waals surface area contributed by atoms with E-state index in [0.29, 0.717) is 5.78 Å². The van der Waals surface area contributed by atoms with Crippen LogP contribution in [0, 0.1) is 30.1 Å². The van der Waals surface area contributed by atoms with E-state index in [1.165, 1.54) is 55.3 Å². The quantitative estimate of drug-likeness (QED) is 0.882. The van der Waals surface area contributed by atoms with Crippen LogP contribution in [-0.2, 0) is 4.79 Å². The molecule has 22 heavy (non-hydrogen) atoms. The largest absolute Gasteiger partial charge is 0.384 e. The normalized spacial score (nSPS) is 41.3. The summed E-state index contributed by atoms with van der Waals surface area (Å²) < 4.78 is 0. The van der Waals surface area contributed by atoms with Crippen LogP contribution < -0.4 is 5.32 Å². The Labute approximate surface area is 132 Å². The van der Waals surface area contributed by atoms with E-state index < -0.39 is 0 Å². The highest BCUT2D eigenvalue weighted by Gasteiger charge is 2.56. The van der Waals surface area contributed by atoms with Crippen LogP contribution in [0.4, 0.5) is 5.69 Å². The molecule has 0 radical (unpaired) electrons. The molecule has 4 fully saturated rings. The van der Waals surface area contributed by atoms with Crippen molar-refractivity contribution >= 4 is 11.5 Å². The maximum atomic E-state index is 13.5. The van der Waals surface area contributed by atoms with E-state index in [1.54, 1.807) is 0 Å². The van der Waals surface area contributed by atoms with Crippen molar-refractivity contribution in [2.24, 2.45) is 23.2 Å². The molecule has 1 aromatic carbocycles. The minimum Gasteiger partial charge on any atom is -0.384 e. The summed E-state index contributed by atoms with van der Waals surface area (Å²) in [5, 5.41) is 3.48. The number of hydrogen-bond donors (Lipinski definition) is 1. The van der Waals surface area contributed by atoms with Gasteiger partial charge in [-0.05, 0) is 80.4 Å². The summed E-state index contributed by atoms with van der Waals surface area (Å²) in [5.74, 6) is 3.22. The molecule has 4 saturated carbocycles. The molecule has 1 unspecified atom stereocenters. The molecule has 1 aliphatic heterocycles. The molecular weight excluding hydrogens is 270 g/mol. The fraction of sp³-hybridized carbons (Fsp3) is 0.650. The standard InChI is InChI=1S/C20H25NO/c1-12-2-3-16-17(11-21-18(16)4-12)19(22)20-8-13-5-14(9-20)7-15(6-13)10-20/h2-4,13-15,17,21H,5-11H2,1H3. The Balaban J connectivity index is 1.49. The number of nitrogens with one attached hydrogen (secondary N) is 1. The van der Waals surface area contributed by atoms with Crippen LogP contribution in [0.1, 0.15) is 55.6 Å². The lowest BCUT2D eigenvalue weighted by Crippen LogP contribution is -2.51. The molecular formula is C20H25NO. The maximum Gasteiger partial charge on any atom is 0.148 e. The second kappa shape index (κ2) is 4.37. The summed E-state index contributed by atoms with van der Waals surface area (Å²) in [4.78, 5) is 13.5. The predicted octanol–water partition coefficient (Wildman–Crippen LogP) is 4.29. The monoisotopic (exact) mass is 295 g/mol. The van der Waals surface area contributed by atoms with Crippen LogP contribution in [-0.4, -0.2) is 12.3 Å². The van der Waals surface area contributed by atoms with E-state index in [-0.39, 0.29) is 11.3 Å². The first-order chi connectivity index (χ1) is 10.6. The minimum absolute atomic E-state index is 0.0353. The van der Waals surface area contributed by atoms with Gasteiger partial charge in [0.25, 0.3) is 0 Å². The van der Waals surface area contributed by atoms with Crippen molar-refractivity contribution in [3.05, 3.63) is 29.3 Å². The Kier molecular flexibility index (Phi) is 2.61. The molecule has 0 aromatic heterocycles. The van der Waals surface area contributed by atoms with Gasteiger partial charge in [-0.3, -0.25) is 4.79 Å². The average molecular weight is 295 g/mol. The van der Waals surface area contributed by atoms with Crippen LogP contribution in [0.3, 0.4) is 0 Å². The number of rotatable bonds is 2. The van der Waals surface area contributed by atoms with E-state index in [0.717, 1.165) is 24.3 Å². The number of hydrogen-bond acceptors (Lipinski definition) is 2. The minimum atomic E-state index is 0.0353. The Bertz CT molecular complexity index is 612. The van der Waals surface area contributed by atoms with Gasteiger partial charge in [0.05, 0.1) is 5.92 Å². The molecule has 116 valence electrons. The first-order valence-electron chi connectivity index (χ1n) is 9.02. The van der Waals surface area contributed by atoms with Crippen molar-refractivity contribution in [2.75, 3.05) is 11.9 Å². The summed E-state index contributed by atoms with van der Waals surface area (Å²) in [7, 11) is 0. The van der Waals surface area contributed by atoms with Crippen molar-refractivity contribution in [3.63, 3.8) is 0 Å². The molecule has 6 rings (SSSR count). The van der Waals surface area contributed by atoms with Gasteiger partial charge in [0.15, 0.2) is 0 Å². The van der Waals surface area contributed by atoms with Gasteiger partial charge in [-0.1, -0.05) is 12.1 Å². The Hall–Kier alpha value is -1.31. The zero-order valence-electron chi connectivity index (χ0n) is 13.4. The topological polar surface area (TPSA) is 29.1 Å². The summed E-state index contributed by atoms with van der Waals surface area (Å²) in [6.45, 7) is 2.94. The van der Waals surface area contributed by atoms with Crippen LogP contribution in [0.15, 0.2) is 18.2 Å². The Morgan fingerprint density at radius 3 is 2.36 bits per heavy atom. The Morgan fingerprint density at radius 1 is 1.09 bits per heavy atom. The van der Waals surface area contributed by atoms with Gasteiger partial charge in [-0.2, -0.15) is 0 Å². The highest BCUT2D eigenvalue weighted by Crippen LogP contribution is 2.61. The first kappa shape index (κ1) is 13.2. The number of fused-ring (bicyclic) bond motifs is 1. The van der Waals surface area contributed by atoms with Crippen molar-refractivity contribution in [1.29, 1.82) is 0 Å². The van der Waals surface area contributed by atoms with Crippen molar-refractivity contribution in [1.82, 2.24) is 0 Å². The highest BCUT2D eigenvalue weighted by atomic mass is 16.1. The molecule has 0 spiro atoms. The fourth-order valence-electron chi connectivity index (χ4n) is 6.47. The smallest absolute Gasteiger partial charge is 0.148 e. The van der Waals surface area contributed by atoms with Crippen molar-refractivity contribution < 1.29 is 4.79 Å². The molecule has 0 amide bonds. The summed E-state index contributed by atoms with van der Waals surface area (Å²) in [6, 6.07) is 6.54. The molecule has 5 aliphatic rings. The van der Waals surface area contributed by atoms with E-state index in [9.17, 15) is 4.79 Å². The van der Waals surface area contributed by atoms with Gasteiger partial charge in [0.2, 0.25) is 0 Å². The summed E-state index contributed by atoms with van der Waals surface area (Å²) in [6.07, 6.45) is 7.79. The van der Waals surface area contributed by atoms with E-state index in [2.05, 4.69) is 30.4 Å². The second-order valence-electron chi connectivity index (χ2n) is 8.59. The SMILES string of the molecule is Cc1ccc2c(c1)NCC2C(=O)C12CC3CC(CC(C3)C1)C2. The van der Waals surface area contributed by atoms with Crippen molar-refractivity contribution in [2.45, 2.75) is 51.4 Å². The van der Waals surface area contributed by atoms with Crippen LogP contribution in [0.25, 0.3) is 0 Å². The number of benzene rings is 1. The van der Waals surface area contributed by atoms with Gasteiger partial charge < -0.3 is 5.32 Å². The Morgan fingerprint density at radius 2 is 1.73 bits per heavy atom. The number of anilines is 1. The highest BCUT2D eigenvalue weighted by molar-refractivity contribution is 5.94. The van der Waals surface area contributed by atoms with E-state index in [1.807, 2.05) is 0 Å². The summed E-state index contributed by atoms with van der Waals surface area (Å²) >= 11 is 0. The molecule has 4 aliphatic carbocycles. The molecule has 2 heteroatoms. The fourth-order valence-corrected chi connectivity index (χ4v) is 6.47. The van der Waals surface area contributed by atoms with Crippen molar-refractivity contribution in [3.8, 4) is 0 Å². The van der Waals surface area contributed by atoms with Gasteiger partial charge in [0, 0.05) is 17.6 Å². The zero-order chi connectivity index (χ0) is 14.9. The van der Waals surface area contributed by atoms with Gasteiger partial charge in [0.1, 0.15) is 5.78 Å². The molecule has 0 saturated heterocycles. The number of carbonyl (C=O) groups excluding carboxylic acids is 1. The number of Topliss-reactive ketones (excluding diaryl/α,β-unsaturated/α-hetero) is 1. The third-order valence-corrected chi connectivity index (χ3v) is 6.96. The molecule has 4 bridgehead atoms. The first-order valence-corrected chi connectivity index (χ1v) is 9.02. The van der Waals surface area contributed by atoms with E-state index >= 15 is 0 Å². The third kappa shape index (κ3) is 1.76. The summed E-state index contributed by atoms with van der Waals surface area (Å²) in [5.41, 5.74) is 3.76. The number of aryl methyl sites for hydroxylation is 1. The van der Waals surface area contributed by atoms with Gasteiger partial charge in [-0.25, -0.2) is 0 Å². The second-order valence-corrected chi connectivity index (χ2v) is 8.59. The number of carbonyl (C=O) groups is 1. The average Bonchev–Trinajstić information content (AvgIpc) is 2.87. The predicted molar refractivity (Wildman–Crippen MR) is 88.0 cm³/mol. The van der Waals surface area contributed by atoms with Crippen LogP contribution in [0.5, 0.6) is 0 Å². The van der Waals surface area contributed by atoms with Crippen LogP contribution >= 0.6 is 0 Å². The van der Waals surface area contributed by atoms with Crippen LogP contribution in [0.2, 0.25) is 0 Å². The van der Waals surface area contributed by atoms with E-state index in [4.69, 9.17) is 0 Å². The number of ketones is 1. The third-order valence-electron chi connectivity index (χ3n) is 6.96. The molecule has 1 atom stereocenters. The molecule has 1 N–H and O–H groups in total. The lowest BCUT2D eigenvalue weighted by atomic mass is 9.47. The van der Waals surface area contributed by atoms with Gasteiger partial charge in [-0.15, -0.1) is 0 Å². The molecule has 2 nitrogen and oxygen atoms in total. The maximum absolute atomic E-state index is 13.5. The lowest BCUT2D eigenvalue weighted by Gasteiger charge is -2.56. The molecule has 1 aromatic rings. The zero-order valence-corrected chi connectivity index (χ0v) is 13.4. The van der Waals surface area contributed by atoms with Gasteiger partial charge >= 0.3 is 0 Å². The lowest BCUT2D eigenvalue weighted by molar-refractivity contribution is -0.145. The molecule has 1 heterocycles.